The Morgan fingerprint density at radius 3 is 2.42 bits per heavy atom. The smallest absolute Gasteiger partial charge is 0.338 e. The first-order valence-electron chi connectivity index (χ1n) is 14.7. The number of hydrogen-bond acceptors (Lipinski definition) is 7. The molecular formula is C35H39ClN2O7. The van der Waals surface area contributed by atoms with Crippen LogP contribution in [0.3, 0.4) is 0 Å². The van der Waals surface area contributed by atoms with Crippen molar-refractivity contribution in [2.24, 2.45) is 5.41 Å². The first-order chi connectivity index (χ1) is 21.2. The van der Waals surface area contributed by atoms with Crippen molar-refractivity contribution in [3.8, 4) is 0 Å². The van der Waals surface area contributed by atoms with Crippen molar-refractivity contribution >= 4 is 46.7 Å². The molecule has 0 radical (unpaired) electrons. The van der Waals surface area contributed by atoms with Crippen LogP contribution >= 0.6 is 11.6 Å². The van der Waals surface area contributed by atoms with E-state index in [0.717, 1.165) is 16.7 Å². The van der Waals surface area contributed by atoms with E-state index < -0.39 is 41.4 Å². The number of benzene rings is 3. The number of fused-ring (bicyclic) bond motifs is 1. The molecule has 0 aliphatic carbocycles. The Hall–Kier alpha value is -4.21. The summed E-state index contributed by atoms with van der Waals surface area (Å²) in [6, 6.07) is 16.1. The number of ether oxygens (including phenoxy) is 3. The van der Waals surface area contributed by atoms with Crippen molar-refractivity contribution < 1.29 is 33.4 Å². The molecule has 1 aliphatic rings. The van der Waals surface area contributed by atoms with Crippen LogP contribution in [0.25, 0.3) is 0 Å². The molecule has 45 heavy (non-hydrogen) atoms. The predicted octanol–water partition coefficient (Wildman–Crippen LogP) is 6.49. The van der Waals surface area contributed by atoms with Crippen LogP contribution in [-0.2, 0) is 28.6 Å². The molecule has 1 aliphatic heterocycles. The molecule has 0 spiro atoms. The standard InChI is InChI=1S/C35H39ClN2O7/c1-20-9-8-10-26(22(20)3)32-28-15-24(36)12-14-29(28)38(18-35(5,6)19-44-23(4)39)33(41)30(45-32)17-31(40)37-25-13-11-21(2)27(16-25)34(42)43-7/h8-16,30,32H,17-19H2,1-7H3,(H,37,40)/t30-,32+/m1/s1. The fraction of sp³-hybridized carbons (Fsp3) is 0.371. The zero-order valence-electron chi connectivity index (χ0n) is 26.7. The number of hydrogen-bond donors (Lipinski definition) is 1. The van der Waals surface area contributed by atoms with Gasteiger partial charge in [0.25, 0.3) is 5.91 Å². The van der Waals surface area contributed by atoms with Gasteiger partial charge in [0.05, 0.1) is 25.7 Å². The van der Waals surface area contributed by atoms with Gasteiger partial charge < -0.3 is 24.4 Å². The molecule has 3 aromatic rings. The molecule has 1 N–H and O–H groups in total. The van der Waals surface area contributed by atoms with Gasteiger partial charge in [0.1, 0.15) is 12.2 Å². The third-order valence-electron chi connectivity index (χ3n) is 7.88. The van der Waals surface area contributed by atoms with Gasteiger partial charge in [-0.3, -0.25) is 14.4 Å². The van der Waals surface area contributed by atoms with Gasteiger partial charge in [-0.25, -0.2) is 4.79 Å². The highest BCUT2D eigenvalue weighted by Crippen LogP contribution is 2.42. The van der Waals surface area contributed by atoms with Crippen molar-refractivity contribution in [1.82, 2.24) is 0 Å². The Morgan fingerprint density at radius 1 is 1.00 bits per heavy atom. The number of nitrogens with one attached hydrogen (secondary N) is 1. The number of halogens is 1. The van der Waals surface area contributed by atoms with Crippen molar-refractivity contribution in [3.63, 3.8) is 0 Å². The van der Waals surface area contributed by atoms with E-state index in [1.165, 1.54) is 20.1 Å². The lowest BCUT2D eigenvalue weighted by molar-refractivity contribution is -0.144. The lowest BCUT2D eigenvalue weighted by Gasteiger charge is -2.33. The minimum atomic E-state index is -1.18. The molecule has 1 heterocycles. The summed E-state index contributed by atoms with van der Waals surface area (Å²) in [4.78, 5) is 53.3. The lowest BCUT2D eigenvalue weighted by atomic mass is 9.91. The van der Waals surface area contributed by atoms with Gasteiger partial charge in [0, 0.05) is 40.8 Å². The van der Waals surface area contributed by atoms with Gasteiger partial charge in [-0.05, 0) is 73.4 Å². The largest absolute Gasteiger partial charge is 0.465 e. The normalized spacial score (nSPS) is 16.4. The van der Waals surface area contributed by atoms with Crippen LogP contribution in [0.1, 0.15) is 71.5 Å². The number of anilines is 2. The molecule has 238 valence electrons. The topological polar surface area (TPSA) is 111 Å². The summed E-state index contributed by atoms with van der Waals surface area (Å²) in [5.41, 5.74) is 4.91. The molecule has 10 heteroatoms. The van der Waals surface area contributed by atoms with E-state index in [1.54, 1.807) is 42.2 Å². The monoisotopic (exact) mass is 634 g/mol. The van der Waals surface area contributed by atoms with Gasteiger partial charge in [0.2, 0.25) is 5.91 Å². The number of methoxy groups -OCH3 is 1. The van der Waals surface area contributed by atoms with Crippen molar-refractivity contribution in [3.05, 3.63) is 93.0 Å². The van der Waals surface area contributed by atoms with Crippen LogP contribution in [0.5, 0.6) is 0 Å². The molecular weight excluding hydrogens is 596 g/mol. The van der Waals surface area contributed by atoms with Crippen molar-refractivity contribution in [1.29, 1.82) is 0 Å². The zero-order valence-corrected chi connectivity index (χ0v) is 27.4. The maximum Gasteiger partial charge on any atom is 0.338 e. The maximum absolute atomic E-state index is 14.4. The quantitative estimate of drug-likeness (QED) is 0.268. The van der Waals surface area contributed by atoms with Gasteiger partial charge >= 0.3 is 11.9 Å². The van der Waals surface area contributed by atoms with Gasteiger partial charge in [-0.2, -0.15) is 0 Å². The highest BCUT2D eigenvalue weighted by molar-refractivity contribution is 6.30. The van der Waals surface area contributed by atoms with Crippen LogP contribution in [0.4, 0.5) is 11.4 Å². The summed E-state index contributed by atoms with van der Waals surface area (Å²) in [6.45, 7) is 11.1. The second-order valence-corrected chi connectivity index (χ2v) is 12.6. The van der Waals surface area contributed by atoms with E-state index in [9.17, 15) is 19.2 Å². The van der Waals surface area contributed by atoms with E-state index in [1.807, 2.05) is 45.9 Å². The average molecular weight is 635 g/mol. The van der Waals surface area contributed by atoms with Gasteiger partial charge in [0.15, 0.2) is 0 Å². The lowest BCUT2D eigenvalue weighted by Crippen LogP contribution is -2.46. The number of rotatable bonds is 9. The SMILES string of the molecule is COC(=O)c1cc(NC(=O)C[C@H]2O[C@@H](c3cccc(C)c3C)c3cc(Cl)ccc3N(CC(C)(C)COC(C)=O)C2=O)ccc1C. The number of nitrogens with zero attached hydrogens (tertiary/aromatic N) is 1. The Kier molecular flexibility index (Phi) is 10.4. The Bertz CT molecular complexity index is 1630. The Labute approximate surface area is 268 Å². The van der Waals surface area contributed by atoms with Crippen LogP contribution in [0, 0.1) is 26.2 Å². The summed E-state index contributed by atoms with van der Waals surface area (Å²) < 4.78 is 16.8. The Morgan fingerprint density at radius 2 is 1.73 bits per heavy atom. The first kappa shape index (κ1) is 33.7. The van der Waals surface area contributed by atoms with Crippen molar-refractivity contribution in [2.75, 3.05) is 30.5 Å². The molecule has 0 bridgehead atoms. The molecule has 0 unspecified atom stereocenters. The molecule has 2 amide bonds. The van der Waals surface area contributed by atoms with E-state index in [4.69, 9.17) is 25.8 Å². The molecule has 0 aromatic heterocycles. The predicted molar refractivity (Wildman–Crippen MR) is 173 cm³/mol. The van der Waals surface area contributed by atoms with Gasteiger partial charge in [-0.1, -0.05) is 49.7 Å². The minimum Gasteiger partial charge on any atom is -0.465 e. The third-order valence-corrected chi connectivity index (χ3v) is 8.12. The molecule has 0 saturated carbocycles. The summed E-state index contributed by atoms with van der Waals surface area (Å²) in [7, 11) is 1.29. The van der Waals surface area contributed by atoms with Crippen LogP contribution in [0.15, 0.2) is 54.6 Å². The molecule has 9 nitrogen and oxygen atoms in total. The molecule has 0 fully saturated rings. The van der Waals surface area contributed by atoms with E-state index >= 15 is 0 Å². The van der Waals surface area contributed by atoms with Crippen LogP contribution < -0.4 is 10.2 Å². The summed E-state index contributed by atoms with van der Waals surface area (Å²) in [6.07, 6.45) is -2.20. The number of amides is 2. The number of carbonyl (C=O) groups is 4. The summed E-state index contributed by atoms with van der Waals surface area (Å²) in [5.74, 6) is -1.84. The van der Waals surface area contributed by atoms with E-state index in [2.05, 4.69) is 5.32 Å². The number of esters is 2. The van der Waals surface area contributed by atoms with E-state index in [-0.39, 0.29) is 19.6 Å². The first-order valence-corrected chi connectivity index (χ1v) is 15.0. The minimum absolute atomic E-state index is 0.0808. The summed E-state index contributed by atoms with van der Waals surface area (Å²) >= 11 is 6.51. The fourth-order valence-electron chi connectivity index (χ4n) is 5.35. The molecule has 4 rings (SSSR count). The number of carbonyl (C=O) groups excluding carboxylic acids is 4. The van der Waals surface area contributed by atoms with Crippen LogP contribution in [0.2, 0.25) is 5.02 Å². The summed E-state index contributed by atoms with van der Waals surface area (Å²) in [5, 5.41) is 3.27. The number of aryl methyl sites for hydroxylation is 2. The Balaban J connectivity index is 1.76. The second kappa shape index (κ2) is 13.8. The fourth-order valence-corrected chi connectivity index (χ4v) is 5.53. The molecule has 2 atom stereocenters. The highest BCUT2D eigenvalue weighted by Gasteiger charge is 2.40. The highest BCUT2D eigenvalue weighted by atomic mass is 35.5. The third kappa shape index (κ3) is 7.90. The molecule has 3 aromatic carbocycles. The van der Waals surface area contributed by atoms with Crippen molar-refractivity contribution in [2.45, 2.75) is 60.2 Å². The van der Waals surface area contributed by atoms with E-state index in [0.29, 0.717) is 33.1 Å². The van der Waals surface area contributed by atoms with Gasteiger partial charge in [-0.15, -0.1) is 0 Å². The maximum atomic E-state index is 14.4. The average Bonchev–Trinajstić information content (AvgIpc) is 3.08. The second-order valence-electron chi connectivity index (χ2n) is 12.1. The van der Waals surface area contributed by atoms with Crippen LogP contribution in [-0.4, -0.2) is 50.1 Å². The zero-order chi connectivity index (χ0) is 33.1. The molecule has 0 saturated heterocycles.